The summed E-state index contributed by atoms with van der Waals surface area (Å²) >= 11 is 5.86. The van der Waals surface area contributed by atoms with Crippen molar-refractivity contribution < 1.29 is 4.52 Å². The van der Waals surface area contributed by atoms with Crippen LogP contribution in [0, 0.1) is 0 Å². The molecule has 1 heterocycles. The molecule has 0 bridgehead atoms. The highest BCUT2D eigenvalue weighted by atomic mass is 35.5. The summed E-state index contributed by atoms with van der Waals surface area (Å²) in [5.41, 5.74) is 0.648. The molecule has 0 saturated heterocycles. The molecule has 5 heteroatoms. The van der Waals surface area contributed by atoms with E-state index in [-0.39, 0.29) is 0 Å². The Balaban J connectivity index is 2.58. The van der Waals surface area contributed by atoms with Crippen LogP contribution >= 0.6 is 11.6 Å². The predicted octanol–water partition coefficient (Wildman–Crippen LogP) is 1.68. The Morgan fingerprint density at radius 2 is 2.15 bits per heavy atom. The molecule has 0 aliphatic carbocycles. The van der Waals surface area contributed by atoms with Gasteiger partial charge in [0.2, 0.25) is 0 Å². The minimum atomic E-state index is -0.588. The minimum absolute atomic E-state index is 0.343. The van der Waals surface area contributed by atoms with Crippen LogP contribution in [0.1, 0.15) is 0 Å². The predicted molar refractivity (Wildman–Crippen MR) is 47.6 cm³/mol. The van der Waals surface area contributed by atoms with Crippen LogP contribution < -0.4 is 5.76 Å². The molecule has 0 radical (unpaired) electrons. The fourth-order valence-electron chi connectivity index (χ4n) is 0.999. The highest BCUT2D eigenvalue weighted by Gasteiger charge is 2.06. The Labute approximate surface area is 78.1 Å². The largest absolute Gasteiger partial charge is 0.439 e. The molecule has 1 aromatic carbocycles. The molecule has 0 saturated carbocycles. The van der Waals surface area contributed by atoms with Crippen molar-refractivity contribution in [1.29, 1.82) is 0 Å². The van der Waals surface area contributed by atoms with Gasteiger partial charge in [0.05, 0.1) is 5.02 Å². The number of benzene rings is 1. The third-order valence-electron chi connectivity index (χ3n) is 1.57. The molecule has 0 spiro atoms. The Hall–Kier alpha value is -1.55. The Kier molecular flexibility index (Phi) is 1.90. The van der Waals surface area contributed by atoms with Crippen LogP contribution in [0.5, 0.6) is 0 Å². The molecule has 0 amide bonds. The van der Waals surface area contributed by atoms with Gasteiger partial charge in [0.25, 0.3) is 0 Å². The van der Waals surface area contributed by atoms with Gasteiger partial charge in [-0.25, -0.2) is 4.79 Å². The molecule has 4 nitrogen and oxygen atoms in total. The molecule has 1 N–H and O–H groups in total. The van der Waals surface area contributed by atoms with Gasteiger partial charge in [0.1, 0.15) is 0 Å². The monoisotopic (exact) mass is 196 g/mol. The van der Waals surface area contributed by atoms with E-state index in [1.807, 2.05) is 0 Å². The lowest BCUT2D eigenvalue weighted by Gasteiger charge is -1.95. The molecule has 0 aliphatic rings. The summed E-state index contributed by atoms with van der Waals surface area (Å²) in [6.07, 6.45) is 0. The first-order valence-electron chi connectivity index (χ1n) is 3.58. The van der Waals surface area contributed by atoms with Gasteiger partial charge in [-0.1, -0.05) is 28.9 Å². The average molecular weight is 197 g/mol. The van der Waals surface area contributed by atoms with Crippen LogP contribution in [0.4, 0.5) is 0 Å². The maximum Gasteiger partial charge on any atom is 0.439 e. The zero-order chi connectivity index (χ0) is 9.26. The lowest BCUT2D eigenvalue weighted by Crippen LogP contribution is -1.94. The van der Waals surface area contributed by atoms with Crippen molar-refractivity contribution >= 4 is 11.6 Å². The van der Waals surface area contributed by atoms with Crippen LogP contribution in [0.25, 0.3) is 11.4 Å². The normalized spacial score (nSPS) is 10.2. The molecule has 66 valence electrons. The fraction of sp³-hybridized carbons (Fsp3) is 0. The summed E-state index contributed by atoms with van der Waals surface area (Å²) in [7, 11) is 0. The van der Waals surface area contributed by atoms with E-state index >= 15 is 0 Å². The molecule has 0 unspecified atom stereocenters. The number of nitrogens with one attached hydrogen (secondary N) is 1. The van der Waals surface area contributed by atoms with Gasteiger partial charge in [0, 0.05) is 5.56 Å². The Morgan fingerprint density at radius 1 is 1.38 bits per heavy atom. The van der Waals surface area contributed by atoms with Crippen LogP contribution in [0.15, 0.2) is 33.6 Å². The highest BCUT2D eigenvalue weighted by molar-refractivity contribution is 6.33. The number of aromatic nitrogens is 2. The highest BCUT2D eigenvalue weighted by Crippen LogP contribution is 2.23. The van der Waals surface area contributed by atoms with E-state index in [1.165, 1.54) is 0 Å². The number of rotatable bonds is 1. The van der Waals surface area contributed by atoms with E-state index in [1.54, 1.807) is 24.3 Å². The molecular weight excluding hydrogens is 192 g/mol. The Morgan fingerprint density at radius 3 is 2.77 bits per heavy atom. The van der Waals surface area contributed by atoms with Crippen molar-refractivity contribution in [2.24, 2.45) is 0 Å². The zero-order valence-corrected chi connectivity index (χ0v) is 7.21. The van der Waals surface area contributed by atoms with Crippen molar-refractivity contribution in [2.45, 2.75) is 0 Å². The summed E-state index contributed by atoms with van der Waals surface area (Å²) < 4.78 is 4.35. The number of aromatic amines is 1. The first-order valence-corrected chi connectivity index (χ1v) is 3.96. The van der Waals surface area contributed by atoms with Gasteiger partial charge in [-0.3, -0.25) is 9.51 Å². The summed E-state index contributed by atoms with van der Waals surface area (Å²) in [6.45, 7) is 0. The molecule has 13 heavy (non-hydrogen) atoms. The van der Waals surface area contributed by atoms with E-state index in [0.717, 1.165) is 0 Å². The molecule has 2 aromatic rings. The molecule has 0 atom stereocenters. The van der Waals surface area contributed by atoms with Crippen LogP contribution in [0.2, 0.25) is 5.02 Å². The first-order chi connectivity index (χ1) is 6.27. The number of hydrogen-bond donors (Lipinski definition) is 1. The SMILES string of the molecule is O=c1[nH]c(-c2ccccc2Cl)no1. The van der Waals surface area contributed by atoms with Gasteiger partial charge in [-0.15, -0.1) is 0 Å². The summed E-state index contributed by atoms with van der Waals surface area (Å²) in [4.78, 5) is 13.1. The van der Waals surface area contributed by atoms with Crippen molar-refractivity contribution in [3.63, 3.8) is 0 Å². The fourth-order valence-corrected chi connectivity index (χ4v) is 1.22. The lowest BCUT2D eigenvalue weighted by atomic mass is 10.2. The second kappa shape index (κ2) is 3.06. The summed E-state index contributed by atoms with van der Waals surface area (Å²) in [5, 5.41) is 4.04. The number of halogens is 1. The van der Waals surface area contributed by atoms with Crippen molar-refractivity contribution in [3.05, 3.63) is 39.8 Å². The lowest BCUT2D eigenvalue weighted by molar-refractivity contribution is 0.388. The van der Waals surface area contributed by atoms with Gasteiger partial charge in [-0.05, 0) is 12.1 Å². The number of nitrogens with zero attached hydrogens (tertiary/aromatic N) is 1. The van der Waals surface area contributed by atoms with E-state index in [0.29, 0.717) is 16.4 Å². The molecule has 1 aromatic heterocycles. The molecule has 0 fully saturated rings. The van der Waals surface area contributed by atoms with Crippen LogP contribution in [-0.2, 0) is 0 Å². The van der Waals surface area contributed by atoms with E-state index < -0.39 is 5.76 Å². The smallest absolute Gasteiger partial charge is 0.296 e. The topological polar surface area (TPSA) is 58.9 Å². The summed E-state index contributed by atoms with van der Waals surface area (Å²) in [5.74, 6) is -0.245. The molecule has 0 aliphatic heterocycles. The van der Waals surface area contributed by atoms with Crippen molar-refractivity contribution in [3.8, 4) is 11.4 Å². The standard InChI is InChI=1S/C8H5ClN2O2/c9-6-4-2-1-3-5(6)7-10-8(12)13-11-7/h1-4H,(H,10,11,12). The third kappa shape index (κ3) is 1.48. The second-order valence-corrected chi connectivity index (χ2v) is 2.83. The van der Waals surface area contributed by atoms with E-state index in [2.05, 4.69) is 14.7 Å². The van der Waals surface area contributed by atoms with Crippen molar-refractivity contribution in [1.82, 2.24) is 10.1 Å². The second-order valence-electron chi connectivity index (χ2n) is 2.42. The average Bonchev–Trinajstić information content (AvgIpc) is 2.53. The maximum atomic E-state index is 10.6. The quantitative estimate of drug-likeness (QED) is 0.755. The Bertz CT molecular complexity index is 475. The number of hydrogen-bond acceptors (Lipinski definition) is 3. The van der Waals surface area contributed by atoms with E-state index in [9.17, 15) is 4.79 Å². The van der Waals surface area contributed by atoms with Gasteiger partial charge >= 0.3 is 5.76 Å². The minimum Gasteiger partial charge on any atom is -0.296 e. The molecule has 2 rings (SSSR count). The number of H-pyrrole nitrogens is 1. The van der Waals surface area contributed by atoms with Gasteiger partial charge < -0.3 is 0 Å². The third-order valence-corrected chi connectivity index (χ3v) is 1.90. The van der Waals surface area contributed by atoms with Crippen molar-refractivity contribution in [2.75, 3.05) is 0 Å². The zero-order valence-electron chi connectivity index (χ0n) is 6.45. The first kappa shape index (κ1) is 8.07. The maximum absolute atomic E-state index is 10.6. The van der Waals surface area contributed by atoms with Gasteiger partial charge in [0.15, 0.2) is 5.82 Å². The van der Waals surface area contributed by atoms with Crippen LogP contribution in [0.3, 0.4) is 0 Å². The van der Waals surface area contributed by atoms with E-state index in [4.69, 9.17) is 11.6 Å². The molecular formula is C8H5ClN2O2. The van der Waals surface area contributed by atoms with Gasteiger partial charge in [-0.2, -0.15) is 0 Å². The summed E-state index contributed by atoms with van der Waals surface area (Å²) in [6, 6.07) is 7.05. The van der Waals surface area contributed by atoms with Crippen LogP contribution in [-0.4, -0.2) is 10.1 Å².